The molecule has 0 atom stereocenters. The summed E-state index contributed by atoms with van der Waals surface area (Å²) in [5.74, 6) is -13.7. The number of aryl methyl sites for hydroxylation is 2. The van der Waals surface area contributed by atoms with E-state index in [-0.39, 0.29) is 47.5 Å². The van der Waals surface area contributed by atoms with Gasteiger partial charge < -0.3 is 35.2 Å². The number of nitrogens with zero attached hydrogens (tertiary/aromatic N) is 7. The average Bonchev–Trinajstić information content (AvgIpc) is 0.885. The molecule has 0 unspecified atom stereocenters. The summed E-state index contributed by atoms with van der Waals surface area (Å²) in [7, 11) is 3.08. The molecule has 3 N–H and O–H groups in total. The van der Waals surface area contributed by atoms with Gasteiger partial charge in [-0.15, -0.1) is 0 Å². The van der Waals surface area contributed by atoms with Crippen LogP contribution in [0.3, 0.4) is 0 Å². The molecule has 0 aliphatic carbocycles. The summed E-state index contributed by atoms with van der Waals surface area (Å²) in [6.07, 6.45) is 7.76. The van der Waals surface area contributed by atoms with Crippen molar-refractivity contribution in [3.8, 4) is 0 Å². The lowest BCUT2D eigenvalue weighted by Crippen LogP contribution is -2.42. The summed E-state index contributed by atoms with van der Waals surface area (Å²) < 4.78 is 168. The first-order valence-corrected chi connectivity index (χ1v) is 33.1. The molecular weight excluding hydrogens is 1430 g/mol. The third-order valence-electron chi connectivity index (χ3n) is 15.8. The Morgan fingerprint density at radius 1 is 0.505 bits per heavy atom. The van der Waals surface area contributed by atoms with Crippen LogP contribution in [-0.4, -0.2) is 116 Å². The Morgan fingerprint density at radius 3 is 1.17 bits per heavy atom. The number of nitrogen functional groups attached to an aromatic ring is 1. The monoisotopic (exact) mass is 1520 g/mol. The molecule has 99 heavy (non-hydrogen) atoms. The first-order chi connectivity index (χ1) is 46.3. The van der Waals surface area contributed by atoms with Crippen LogP contribution in [0, 0.1) is 91.1 Å². The second kappa shape index (κ2) is 38.0. The fraction of sp³-hybridized carbons (Fsp3) is 0.471. The molecule has 29 heteroatoms. The van der Waals surface area contributed by atoms with E-state index in [1.807, 2.05) is 41.5 Å². The molecule has 10 rings (SSSR count). The molecule has 6 aromatic rings. The van der Waals surface area contributed by atoms with E-state index in [2.05, 4.69) is 22.1 Å². The van der Waals surface area contributed by atoms with E-state index in [0.29, 0.717) is 96.0 Å². The number of rotatable bonds is 8. The molecule has 4 aliphatic heterocycles. The Hall–Kier alpha value is -7.96. The summed E-state index contributed by atoms with van der Waals surface area (Å²) >= 11 is 1.70. The minimum atomic E-state index is -1.45. The zero-order chi connectivity index (χ0) is 73.6. The molecule has 542 valence electrons. The van der Waals surface area contributed by atoms with Crippen LogP contribution in [0.4, 0.5) is 68.1 Å². The summed E-state index contributed by atoms with van der Waals surface area (Å²) in [6.45, 7) is 20.5. The van der Waals surface area contributed by atoms with Gasteiger partial charge in [0.1, 0.15) is 17.0 Å². The van der Waals surface area contributed by atoms with Crippen LogP contribution in [0.2, 0.25) is 0 Å². The highest BCUT2D eigenvalue weighted by atomic mass is 127. The number of nitrogens with two attached hydrogens (primary N) is 1. The van der Waals surface area contributed by atoms with Gasteiger partial charge in [0.25, 0.3) is 11.1 Å². The van der Waals surface area contributed by atoms with Crippen molar-refractivity contribution in [1.82, 2.24) is 39.6 Å². The van der Waals surface area contributed by atoms with E-state index < -0.39 is 81.0 Å². The number of hydrogen-bond donors (Lipinski definition) is 2. The summed E-state index contributed by atoms with van der Waals surface area (Å²) in [5.41, 5.74) is 7.11. The van der Waals surface area contributed by atoms with Crippen LogP contribution in [-0.2, 0) is 54.0 Å². The predicted octanol–water partition coefficient (Wildman–Crippen LogP) is 13.8. The molecule has 0 saturated carbocycles. The Balaban J connectivity index is 0.000000223. The molecule has 0 spiro atoms. The van der Waals surface area contributed by atoms with Gasteiger partial charge in [0.05, 0.1) is 12.1 Å². The number of benzene rings is 4. The fourth-order valence-electron chi connectivity index (χ4n) is 10.6. The van der Waals surface area contributed by atoms with Gasteiger partial charge in [-0.25, -0.2) is 71.6 Å². The fourth-order valence-corrected chi connectivity index (χ4v) is 11.1. The van der Waals surface area contributed by atoms with Crippen molar-refractivity contribution in [2.45, 2.75) is 130 Å². The van der Waals surface area contributed by atoms with Crippen molar-refractivity contribution in [2.75, 3.05) is 58.1 Å². The van der Waals surface area contributed by atoms with Crippen molar-refractivity contribution in [1.29, 1.82) is 0 Å². The number of ether oxygens (including phenoxy) is 2. The zero-order valence-electron chi connectivity index (χ0n) is 56.5. The van der Waals surface area contributed by atoms with E-state index in [1.165, 1.54) is 40.2 Å². The van der Waals surface area contributed by atoms with E-state index in [0.717, 1.165) is 113 Å². The largest absolute Gasteiger partial charge is 0.444 e. The standard InChI is InChI=1S/C19H20F3N3O2.C17H22F3NO2.C12H14F3N.C11H19NO2.C6H2F3I.C5H7N3O/c1-24-17(26)3-2-14(23-24)11-18(27)25-6-4-12(5-7-25)8-13-9-15(20)19(22)16(21)10-13;1-17(2,3)23-16(22)21-6-4-11(5-7-21)8-12-9-13(18)15(20)14(19)10-12;13-10-6-9(7-11(14)12(10)15)5-8-1-3-16-4-2-8;1-9-5-7-12(8-6-9)10(13)14-11(2,3)4;7-4-1-3(10)2-5(8)6(4)9;1-8-5(9)3-2-4(6)7-8/h2-3,9-10,12H,4-8,11H2,1H3;9-11H,4-8H2,1-3H3;6-8,16H,1-5H2;1,5-8H2,2-4H3;1-2H;2-3H,1H3,(H2,6,7). The van der Waals surface area contributed by atoms with Crippen molar-refractivity contribution in [3.63, 3.8) is 0 Å². The number of anilines is 1. The summed E-state index contributed by atoms with van der Waals surface area (Å²) in [6, 6.07) is 14.0. The van der Waals surface area contributed by atoms with Gasteiger partial charge in [-0.3, -0.25) is 14.4 Å². The number of halogens is 13. The smallest absolute Gasteiger partial charge is 0.410 e. The molecule has 0 radical (unpaired) electrons. The number of piperidine rings is 4. The van der Waals surface area contributed by atoms with Gasteiger partial charge in [-0.1, -0.05) is 12.2 Å². The lowest BCUT2D eigenvalue weighted by molar-refractivity contribution is -0.131. The molecule has 2 aromatic heterocycles. The SMILES string of the molecule is C=C1CCN(C(=O)OC(C)(C)C)CC1.CC(C)(C)OC(=O)N1CCC(Cc2cc(F)c(F)c(F)c2)CC1.Cn1nc(CC(=O)N2CCC(Cc3cc(F)c(F)c(F)c3)CC2)ccc1=O.Cn1nc(N)ccc1=O.Fc1cc(CC2CCNCC2)cc(F)c1F.Fc1cc(I)cc(F)c1F. The van der Waals surface area contributed by atoms with Crippen LogP contribution in [0.5, 0.6) is 0 Å². The highest BCUT2D eigenvalue weighted by Crippen LogP contribution is 2.28. The van der Waals surface area contributed by atoms with E-state index >= 15 is 0 Å². The maximum Gasteiger partial charge on any atom is 0.410 e. The molecular formula is C70H84F12IN9O7. The van der Waals surface area contributed by atoms with E-state index in [9.17, 15) is 76.7 Å². The molecule has 4 fully saturated rings. The average molecular weight is 1520 g/mol. The predicted molar refractivity (Wildman–Crippen MR) is 358 cm³/mol. The van der Waals surface area contributed by atoms with Gasteiger partial charge >= 0.3 is 12.2 Å². The molecule has 4 aromatic carbocycles. The van der Waals surface area contributed by atoms with Crippen LogP contribution < -0.4 is 22.2 Å². The maximum absolute atomic E-state index is 13.3. The lowest BCUT2D eigenvalue weighted by Gasteiger charge is -2.33. The second-order valence-corrected chi connectivity index (χ2v) is 27.5. The summed E-state index contributed by atoms with van der Waals surface area (Å²) in [4.78, 5) is 63.1. The Bertz CT molecular complexity index is 3740. The Labute approximate surface area is 581 Å². The van der Waals surface area contributed by atoms with Gasteiger partial charge in [0.2, 0.25) is 5.91 Å². The highest BCUT2D eigenvalue weighted by Gasteiger charge is 2.29. The summed E-state index contributed by atoms with van der Waals surface area (Å²) in [5, 5.41) is 10.9. The third-order valence-corrected chi connectivity index (χ3v) is 16.4. The number of carbonyl (C=O) groups is 3. The third kappa shape index (κ3) is 27.9. The van der Waals surface area contributed by atoms with Crippen molar-refractivity contribution in [3.05, 3.63) is 201 Å². The molecule has 4 aliphatic rings. The van der Waals surface area contributed by atoms with E-state index in [1.54, 1.807) is 50.4 Å². The molecule has 4 saturated heterocycles. The number of carbonyl (C=O) groups excluding carboxylic acids is 3. The second-order valence-electron chi connectivity index (χ2n) is 26.2. The quantitative estimate of drug-likeness (QED) is 0.0485. The van der Waals surface area contributed by atoms with Crippen LogP contribution >= 0.6 is 22.6 Å². The molecule has 3 amide bonds. The van der Waals surface area contributed by atoms with Gasteiger partial charge in [0, 0.05) is 69.1 Å². The van der Waals surface area contributed by atoms with Gasteiger partial charge in [-0.05, 0) is 243 Å². The topological polar surface area (TPSA) is 187 Å². The maximum atomic E-state index is 13.3. The zero-order valence-corrected chi connectivity index (χ0v) is 58.6. The minimum Gasteiger partial charge on any atom is -0.444 e. The van der Waals surface area contributed by atoms with Crippen LogP contribution in [0.1, 0.15) is 115 Å². The first kappa shape index (κ1) is 81.7. The van der Waals surface area contributed by atoms with Crippen molar-refractivity contribution >= 4 is 46.5 Å². The first-order valence-electron chi connectivity index (χ1n) is 32.0. The van der Waals surface area contributed by atoms with Crippen molar-refractivity contribution in [2.24, 2.45) is 31.8 Å². The number of aromatic nitrogens is 4. The minimum absolute atomic E-state index is 0.0709. The Morgan fingerprint density at radius 2 is 0.828 bits per heavy atom. The van der Waals surface area contributed by atoms with Crippen LogP contribution in [0.15, 0.2) is 94.5 Å². The van der Waals surface area contributed by atoms with E-state index in [4.69, 9.17) is 15.2 Å². The van der Waals surface area contributed by atoms with Gasteiger partial charge in [-0.2, -0.15) is 10.2 Å². The van der Waals surface area contributed by atoms with Crippen LogP contribution in [0.25, 0.3) is 0 Å². The lowest BCUT2D eigenvalue weighted by atomic mass is 9.90. The number of amides is 3. The Kier molecular flexibility index (Phi) is 31.4. The molecule has 6 heterocycles. The number of hydrogen-bond acceptors (Lipinski definition) is 11. The van der Waals surface area contributed by atoms with Gasteiger partial charge in [0.15, 0.2) is 69.8 Å². The molecule has 16 nitrogen and oxygen atoms in total. The highest BCUT2D eigenvalue weighted by molar-refractivity contribution is 14.1. The normalized spacial score (nSPS) is 15.3. The van der Waals surface area contributed by atoms with Crippen molar-refractivity contribution < 1.29 is 76.5 Å². The number of nitrogens with one attached hydrogen (secondary N) is 1. The number of likely N-dealkylation sites (tertiary alicyclic amines) is 3. The molecule has 0 bridgehead atoms.